The maximum Gasteiger partial charge on any atom is 0.270 e. The monoisotopic (exact) mass is 225 g/mol. The van der Waals surface area contributed by atoms with Crippen molar-refractivity contribution in [3.63, 3.8) is 0 Å². The SMILES string of the molecule is CCC1(O)CN(C(=O)C2=NNC(=O)CC2)C1. The van der Waals surface area contributed by atoms with Gasteiger partial charge in [-0.1, -0.05) is 6.92 Å². The second-order valence-electron chi connectivity index (χ2n) is 4.33. The Bertz CT molecular complexity index is 358. The molecule has 1 saturated heterocycles. The molecule has 0 unspecified atom stereocenters. The van der Waals surface area contributed by atoms with Gasteiger partial charge in [-0.25, -0.2) is 5.43 Å². The van der Waals surface area contributed by atoms with E-state index in [-0.39, 0.29) is 11.8 Å². The first-order valence-electron chi connectivity index (χ1n) is 5.41. The van der Waals surface area contributed by atoms with Crippen LogP contribution in [-0.4, -0.2) is 46.2 Å². The van der Waals surface area contributed by atoms with Crippen LogP contribution in [0.5, 0.6) is 0 Å². The van der Waals surface area contributed by atoms with E-state index in [2.05, 4.69) is 10.5 Å². The third-order valence-corrected chi connectivity index (χ3v) is 3.07. The number of nitrogens with one attached hydrogen (secondary N) is 1. The highest BCUT2D eigenvalue weighted by Crippen LogP contribution is 2.24. The first-order chi connectivity index (χ1) is 7.54. The first-order valence-corrected chi connectivity index (χ1v) is 5.41. The Morgan fingerprint density at radius 3 is 2.75 bits per heavy atom. The Balaban J connectivity index is 1.93. The number of hydrazone groups is 1. The van der Waals surface area contributed by atoms with E-state index >= 15 is 0 Å². The molecule has 2 aliphatic rings. The minimum atomic E-state index is -0.728. The summed E-state index contributed by atoms with van der Waals surface area (Å²) in [6.45, 7) is 2.60. The van der Waals surface area contributed by atoms with E-state index in [0.29, 0.717) is 38.1 Å². The smallest absolute Gasteiger partial charge is 0.270 e. The number of hydrogen-bond donors (Lipinski definition) is 2. The number of carbonyl (C=O) groups excluding carboxylic acids is 2. The fraction of sp³-hybridized carbons (Fsp3) is 0.700. The van der Waals surface area contributed by atoms with E-state index in [1.165, 1.54) is 0 Å². The molecule has 1 fully saturated rings. The number of β-amino-alcohol motifs (C(OH)–C–C–N with tert-alkyl or cyclic N) is 1. The van der Waals surface area contributed by atoms with Crippen molar-refractivity contribution in [2.24, 2.45) is 5.10 Å². The Hall–Kier alpha value is -1.43. The second kappa shape index (κ2) is 3.86. The van der Waals surface area contributed by atoms with E-state index in [4.69, 9.17) is 0 Å². The molecule has 0 aromatic rings. The van der Waals surface area contributed by atoms with Crippen LogP contribution in [0.15, 0.2) is 5.10 Å². The highest BCUT2D eigenvalue weighted by atomic mass is 16.3. The third-order valence-electron chi connectivity index (χ3n) is 3.07. The van der Waals surface area contributed by atoms with Crippen molar-refractivity contribution in [2.75, 3.05) is 13.1 Å². The van der Waals surface area contributed by atoms with Gasteiger partial charge in [0.25, 0.3) is 5.91 Å². The molecule has 6 nitrogen and oxygen atoms in total. The molecule has 2 heterocycles. The number of aliphatic hydroxyl groups is 1. The standard InChI is InChI=1S/C10H15N3O3/c1-2-10(16)5-13(6-10)9(15)7-3-4-8(14)12-11-7/h16H,2-6H2,1H3,(H,12,14). The van der Waals surface area contributed by atoms with Crippen molar-refractivity contribution in [1.82, 2.24) is 10.3 Å². The van der Waals surface area contributed by atoms with Gasteiger partial charge < -0.3 is 10.0 Å². The highest BCUT2D eigenvalue weighted by Gasteiger charge is 2.43. The van der Waals surface area contributed by atoms with Gasteiger partial charge in [0.1, 0.15) is 5.71 Å². The maximum absolute atomic E-state index is 11.8. The van der Waals surface area contributed by atoms with Crippen LogP contribution >= 0.6 is 0 Å². The fourth-order valence-corrected chi connectivity index (χ4v) is 1.84. The summed E-state index contributed by atoms with van der Waals surface area (Å²) in [6.07, 6.45) is 1.32. The van der Waals surface area contributed by atoms with E-state index in [1.54, 1.807) is 4.90 Å². The summed E-state index contributed by atoms with van der Waals surface area (Å²) in [4.78, 5) is 24.2. The zero-order valence-corrected chi connectivity index (χ0v) is 9.19. The predicted molar refractivity (Wildman–Crippen MR) is 56.6 cm³/mol. The van der Waals surface area contributed by atoms with Gasteiger partial charge in [-0.05, 0) is 6.42 Å². The molecular weight excluding hydrogens is 210 g/mol. The Labute approximate surface area is 93.3 Å². The van der Waals surface area contributed by atoms with Crippen LogP contribution in [-0.2, 0) is 9.59 Å². The summed E-state index contributed by atoms with van der Waals surface area (Å²) in [7, 11) is 0. The lowest BCUT2D eigenvalue weighted by atomic mass is 9.90. The molecule has 0 atom stereocenters. The van der Waals surface area contributed by atoms with E-state index in [0.717, 1.165) is 0 Å². The molecule has 0 saturated carbocycles. The van der Waals surface area contributed by atoms with Crippen molar-refractivity contribution in [3.8, 4) is 0 Å². The van der Waals surface area contributed by atoms with Crippen LogP contribution in [0.2, 0.25) is 0 Å². The number of likely N-dealkylation sites (tertiary alicyclic amines) is 1. The van der Waals surface area contributed by atoms with Crippen LogP contribution in [0.3, 0.4) is 0 Å². The average molecular weight is 225 g/mol. The molecule has 0 aromatic heterocycles. The van der Waals surface area contributed by atoms with Gasteiger partial charge in [0.05, 0.1) is 18.7 Å². The molecule has 0 aromatic carbocycles. The van der Waals surface area contributed by atoms with Crippen molar-refractivity contribution >= 4 is 17.5 Å². The second-order valence-corrected chi connectivity index (χ2v) is 4.33. The van der Waals surface area contributed by atoms with E-state index < -0.39 is 5.60 Å². The molecule has 2 rings (SSSR count). The minimum absolute atomic E-state index is 0.162. The Kier molecular flexibility index (Phi) is 2.67. The zero-order valence-electron chi connectivity index (χ0n) is 9.19. The number of amides is 2. The van der Waals surface area contributed by atoms with Crippen LogP contribution in [0.4, 0.5) is 0 Å². The Morgan fingerprint density at radius 1 is 1.56 bits per heavy atom. The van der Waals surface area contributed by atoms with Crippen LogP contribution in [0.1, 0.15) is 26.2 Å². The molecule has 2 N–H and O–H groups in total. The van der Waals surface area contributed by atoms with Crippen molar-refractivity contribution in [2.45, 2.75) is 31.8 Å². The van der Waals surface area contributed by atoms with Crippen LogP contribution < -0.4 is 5.43 Å². The number of hydrogen-bond acceptors (Lipinski definition) is 4. The van der Waals surface area contributed by atoms with Gasteiger partial charge >= 0.3 is 0 Å². The topological polar surface area (TPSA) is 82.0 Å². The molecule has 0 radical (unpaired) electrons. The summed E-state index contributed by atoms with van der Waals surface area (Å²) in [5.41, 5.74) is 1.93. The quantitative estimate of drug-likeness (QED) is 0.647. The van der Waals surface area contributed by atoms with Gasteiger partial charge in [-0.15, -0.1) is 0 Å². The summed E-state index contributed by atoms with van der Waals surface area (Å²) in [5, 5.41) is 13.5. The highest BCUT2D eigenvalue weighted by molar-refractivity contribution is 6.39. The predicted octanol–water partition coefficient (Wildman–Crippen LogP) is -0.764. The van der Waals surface area contributed by atoms with E-state index in [1.807, 2.05) is 6.92 Å². The number of rotatable bonds is 2. The fourth-order valence-electron chi connectivity index (χ4n) is 1.84. The molecule has 16 heavy (non-hydrogen) atoms. The van der Waals surface area contributed by atoms with Gasteiger partial charge in [0, 0.05) is 12.8 Å². The maximum atomic E-state index is 11.8. The Morgan fingerprint density at radius 2 is 2.25 bits per heavy atom. The van der Waals surface area contributed by atoms with Crippen molar-refractivity contribution in [1.29, 1.82) is 0 Å². The minimum Gasteiger partial charge on any atom is -0.386 e. The zero-order chi connectivity index (χ0) is 11.8. The third kappa shape index (κ3) is 1.92. The van der Waals surface area contributed by atoms with Gasteiger partial charge in [-0.3, -0.25) is 9.59 Å². The van der Waals surface area contributed by atoms with Crippen molar-refractivity contribution in [3.05, 3.63) is 0 Å². The van der Waals surface area contributed by atoms with Crippen molar-refractivity contribution < 1.29 is 14.7 Å². The molecule has 2 amide bonds. The lowest BCUT2D eigenvalue weighted by Crippen LogP contribution is -2.64. The molecule has 6 heteroatoms. The van der Waals surface area contributed by atoms with Gasteiger partial charge in [-0.2, -0.15) is 5.10 Å². The number of nitrogens with zero attached hydrogens (tertiary/aromatic N) is 2. The first kappa shape index (κ1) is 11.1. The van der Waals surface area contributed by atoms with Crippen LogP contribution in [0, 0.1) is 0 Å². The molecule has 2 aliphatic heterocycles. The van der Waals surface area contributed by atoms with Crippen LogP contribution in [0.25, 0.3) is 0 Å². The average Bonchev–Trinajstić information content (AvgIpc) is 2.25. The van der Waals surface area contributed by atoms with Gasteiger partial charge in [0.2, 0.25) is 5.91 Å². The van der Waals surface area contributed by atoms with Gasteiger partial charge in [0.15, 0.2) is 0 Å². The summed E-state index contributed by atoms with van der Waals surface area (Å²) in [6, 6.07) is 0. The lowest BCUT2D eigenvalue weighted by molar-refractivity contribution is -0.148. The molecule has 0 bridgehead atoms. The number of carbonyl (C=O) groups is 2. The summed E-state index contributed by atoms with van der Waals surface area (Å²) < 4.78 is 0. The van der Waals surface area contributed by atoms with E-state index in [9.17, 15) is 14.7 Å². The largest absolute Gasteiger partial charge is 0.386 e. The summed E-state index contributed by atoms with van der Waals surface area (Å²) >= 11 is 0. The normalized spacial score (nSPS) is 23.2. The molecule has 0 spiro atoms. The molecule has 88 valence electrons. The summed E-state index contributed by atoms with van der Waals surface area (Å²) in [5.74, 6) is -0.344. The lowest BCUT2D eigenvalue weighted by Gasteiger charge is -2.46. The molecule has 0 aliphatic carbocycles. The molecular formula is C10H15N3O3.